The average molecular weight is 301 g/mol. The zero-order chi connectivity index (χ0) is 12.8. The van der Waals surface area contributed by atoms with Gasteiger partial charge in [-0.2, -0.15) is 5.10 Å². The molecule has 1 unspecified atom stereocenters. The Bertz CT molecular complexity index is 331. The molecule has 0 N–H and O–H groups in total. The highest BCUT2D eigenvalue weighted by atomic mass is 79.9. The van der Waals surface area contributed by atoms with Gasteiger partial charge in [0.25, 0.3) is 0 Å². The van der Waals surface area contributed by atoms with Crippen LogP contribution in [0.3, 0.4) is 0 Å². The van der Waals surface area contributed by atoms with Crippen molar-refractivity contribution in [1.29, 1.82) is 0 Å². The molecule has 0 fully saturated rings. The van der Waals surface area contributed by atoms with Crippen LogP contribution >= 0.6 is 15.9 Å². The number of rotatable bonds is 7. The first-order chi connectivity index (χ1) is 8.08. The summed E-state index contributed by atoms with van der Waals surface area (Å²) in [6.45, 7) is 9.85. The van der Waals surface area contributed by atoms with Gasteiger partial charge in [0.1, 0.15) is 0 Å². The van der Waals surface area contributed by atoms with Crippen LogP contribution in [-0.2, 0) is 19.4 Å². The minimum Gasteiger partial charge on any atom is -0.270 e. The summed E-state index contributed by atoms with van der Waals surface area (Å²) in [7, 11) is 0. The first kappa shape index (κ1) is 14.7. The second-order valence-electron chi connectivity index (χ2n) is 4.95. The molecule has 1 aromatic heterocycles. The molecule has 0 aliphatic heterocycles. The highest BCUT2D eigenvalue weighted by molar-refractivity contribution is 9.09. The Morgan fingerprint density at radius 1 is 1.35 bits per heavy atom. The van der Waals surface area contributed by atoms with Gasteiger partial charge in [0.2, 0.25) is 0 Å². The number of nitrogens with zero attached hydrogens (tertiary/aromatic N) is 2. The predicted octanol–water partition coefficient (Wildman–Crippen LogP) is 4.21. The Labute approximate surface area is 114 Å². The van der Waals surface area contributed by atoms with Crippen LogP contribution in [0.15, 0.2) is 6.07 Å². The van der Waals surface area contributed by atoms with Crippen molar-refractivity contribution in [3.05, 3.63) is 17.5 Å². The number of halogens is 1. The molecule has 0 bridgehead atoms. The van der Waals surface area contributed by atoms with Crippen molar-refractivity contribution in [3.63, 3.8) is 0 Å². The maximum absolute atomic E-state index is 4.58. The summed E-state index contributed by atoms with van der Waals surface area (Å²) in [5, 5.41) is 4.58. The average Bonchev–Trinajstić information content (AvgIpc) is 2.71. The van der Waals surface area contributed by atoms with Crippen LogP contribution in [0, 0.1) is 5.92 Å². The lowest BCUT2D eigenvalue weighted by Gasteiger charge is -2.13. The Morgan fingerprint density at radius 3 is 2.59 bits per heavy atom. The van der Waals surface area contributed by atoms with E-state index in [9.17, 15) is 0 Å². The Kier molecular flexibility index (Phi) is 6.24. The summed E-state index contributed by atoms with van der Waals surface area (Å²) >= 11 is 3.75. The molecule has 17 heavy (non-hydrogen) atoms. The van der Waals surface area contributed by atoms with E-state index in [1.807, 2.05) is 0 Å². The monoisotopic (exact) mass is 300 g/mol. The van der Waals surface area contributed by atoms with Crippen molar-refractivity contribution in [3.8, 4) is 0 Å². The molecule has 0 saturated carbocycles. The summed E-state index contributed by atoms with van der Waals surface area (Å²) in [6, 6.07) is 2.27. The number of hydrogen-bond donors (Lipinski definition) is 0. The summed E-state index contributed by atoms with van der Waals surface area (Å²) in [5.41, 5.74) is 2.62. The number of hydrogen-bond acceptors (Lipinski definition) is 1. The first-order valence-corrected chi connectivity index (χ1v) is 7.69. The number of alkyl halides is 1. The van der Waals surface area contributed by atoms with E-state index in [4.69, 9.17) is 0 Å². The van der Waals surface area contributed by atoms with Crippen molar-refractivity contribution in [1.82, 2.24) is 9.78 Å². The van der Waals surface area contributed by atoms with Crippen LogP contribution < -0.4 is 0 Å². The van der Waals surface area contributed by atoms with E-state index in [0.29, 0.717) is 4.83 Å². The fraction of sp³-hybridized carbons (Fsp3) is 0.786. The zero-order valence-corrected chi connectivity index (χ0v) is 13.1. The summed E-state index contributed by atoms with van der Waals surface area (Å²) < 4.78 is 2.15. The molecule has 0 aliphatic rings. The van der Waals surface area contributed by atoms with Crippen molar-refractivity contribution >= 4 is 15.9 Å². The number of aromatic nitrogens is 2. The van der Waals surface area contributed by atoms with Crippen molar-refractivity contribution in [2.24, 2.45) is 5.92 Å². The standard InChI is InChI=1S/C14H25BrN2/c1-5-12-10-13(17(6-2)16-12)8-7-9-14(15)11(3)4/h10-11,14H,5-9H2,1-4H3. The van der Waals surface area contributed by atoms with Crippen LogP contribution in [0.25, 0.3) is 0 Å². The minimum atomic E-state index is 0.645. The molecule has 0 amide bonds. The molecular weight excluding hydrogens is 276 g/mol. The molecule has 1 aromatic rings. The second-order valence-corrected chi connectivity index (χ2v) is 6.12. The van der Waals surface area contributed by atoms with Gasteiger partial charge in [0, 0.05) is 17.1 Å². The molecule has 0 aromatic carbocycles. The van der Waals surface area contributed by atoms with Crippen LogP contribution in [-0.4, -0.2) is 14.6 Å². The van der Waals surface area contributed by atoms with Gasteiger partial charge in [-0.05, 0) is 44.6 Å². The molecule has 2 nitrogen and oxygen atoms in total. The van der Waals surface area contributed by atoms with E-state index in [-0.39, 0.29) is 0 Å². The fourth-order valence-electron chi connectivity index (χ4n) is 1.97. The molecule has 98 valence electrons. The quantitative estimate of drug-likeness (QED) is 0.690. The first-order valence-electron chi connectivity index (χ1n) is 6.78. The van der Waals surface area contributed by atoms with E-state index in [1.165, 1.54) is 24.2 Å². The third-order valence-corrected chi connectivity index (χ3v) is 4.73. The summed E-state index contributed by atoms with van der Waals surface area (Å²) in [5.74, 6) is 0.720. The lowest BCUT2D eigenvalue weighted by molar-refractivity contribution is 0.546. The molecule has 1 rings (SSSR count). The molecule has 0 aliphatic carbocycles. The third-order valence-electron chi connectivity index (χ3n) is 3.21. The fourth-order valence-corrected chi connectivity index (χ4v) is 2.30. The van der Waals surface area contributed by atoms with E-state index in [0.717, 1.165) is 25.3 Å². The summed E-state index contributed by atoms with van der Waals surface area (Å²) in [6.07, 6.45) is 4.67. The summed E-state index contributed by atoms with van der Waals surface area (Å²) in [4.78, 5) is 0.645. The molecule has 0 radical (unpaired) electrons. The van der Waals surface area contributed by atoms with Gasteiger partial charge in [-0.3, -0.25) is 4.68 Å². The van der Waals surface area contributed by atoms with Crippen molar-refractivity contribution in [2.45, 2.75) is 64.8 Å². The van der Waals surface area contributed by atoms with Crippen molar-refractivity contribution < 1.29 is 0 Å². The van der Waals surface area contributed by atoms with Gasteiger partial charge in [0.15, 0.2) is 0 Å². The van der Waals surface area contributed by atoms with E-state index in [1.54, 1.807) is 0 Å². The van der Waals surface area contributed by atoms with Gasteiger partial charge in [-0.15, -0.1) is 0 Å². The van der Waals surface area contributed by atoms with E-state index in [2.05, 4.69) is 59.5 Å². The molecule has 1 atom stereocenters. The molecule has 0 saturated heterocycles. The molecular formula is C14H25BrN2. The predicted molar refractivity (Wildman–Crippen MR) is 77.8 cm³/mol. The molecule has 3 heteroatoms. The smallest absolute Gasteiger partial charge is 0.0624 e. The maximum Gasteiger partial charge on any atom is 0.0624 e. The number of aryl methyl sites for hydroxylation is 3. The zero-order valence-electron chi connectivity index (χ0n) is 11.5. The molecule has 1 heterocycles. The largest absolute Gasteiger partial charge is 0.270 e. The van der Waals surface area contributed by atoms with Crippen LogP contribution in [0.1, 0.15) is 51.9 Å². The Hall–Kier alpha value is -0.310. The maximum atomic E-state index is 4.58. The normalized spacial score (nSPS) is 13.3. The van der Waals surface area contributed by atoms with Crippen LogP contribution in [0.2, 0.25) is 0 Å². The highest BCUT2D eigenvalue weighted by Crippen LogP contribution is 2.19. The SMILES string of the molecule is CCc1cc(CCCC(Br)C(C)C)n(CC)n1. The Balaban J connectivity index is 2.48. The lowest BCUT2D eigenvalue weighted by atomic mass is 10.0. The molecule has 0 spiro atoms. The van der Waals surface area contributed by atoms with Gasteiger partial charge in [-0.1, -0.05) is 36.7 Å². The van der Waals surface area contributed by atoms with Gasteiger partial charge < -0.3 is 0 Å². The lowest BCUT2D eigenvalue weighted by Crippen LogP contribution is -2.08. The van der Waals surface area contributed by atoms with Crippen LogP contribution in [0.5, 0.6) is 0 Å². The van der Waals surface area contributed by atoms with Crippen LogP contribution in [0.4, 0.5) is 0 Å². The third kappa shape index (κ3) is 4.46. The van der Waals surface area contributed by atoms with E-state index >= 15 is 0 Å². The van der Waals surface area contributed by atoms with E-state index < -0.39 is 0 Å². The topological polar surface area (TPSA) is 17.8 Å². The highest BCUT2D eigenvalue weighted by Gasteiger charge is 2.10. The van der Waals surface area contributed by atoms with Gasteiger partial charge in [-0.25, -0.2) is 0 Å². The minimum absolute atomic E-state index is 0.645. The van der Waals surface area contributed by atoms with Gasteiger partial charge >= 0.3 is 0 Å². The van der Waals surface area contributed by atoms with Gasteiger partial charge in [0.05, 0.1) is 5.69 Å². The Morgan fingerprint density at radius 2 is 2.06 bits per heavy atom. The second kappa shape index (κ2) is 7.20. The van der Waals surface area contributed by atoms with Crippen molar-refractivity contribution in [2.75, 3.05) is 0 Å².